The molecule has 1 aromatic carbocycles. The summed E-state index contributed by atoms with van der Waals surface area (Å²) in [7, 11) is 1.57. The SMILES string of the molecule is CCN(CC)CCOc1ccc(/C=C/C(=O)O)cc1OC. The van der Waals surface area contributed by atoms with E-state index in [0.29, 0.717) is 18.1 Å². The molecule has 116 valence electrons. The molecule has 0 saturated carbocycles. The molecule has 21 heavy (non-hydrogen) atoms. The van der Waals surface area contributed by atoms with Crippen molar-refractivity contribution in [2.45, 2.75) is 13.8 Å². The molecule has 0 unspecified atom stereocenters. The summed E-state index contributed by atoms with van der Waals surface area (Å²) in [5, 5.41) is 8.62. The van der Waals surface area contributed by atoms with E-state index in [0.717, 1.165) is 31.3 Å². The maximum atomic E-state index is 10.5. The van der Waals surface area contributed by atoms with E-state index in [2.05, 4.69) is 18.7 Å². The van der Waals surface area contributed by atoms with Gasteiger partial charge in [-0.25, -0.2) is 4.79 Å². The Kier molecular flexibility index (Phi) is 7.32. The molecule has 0 amide bonds. The Labute approximate surface area is 125 Å². The van der Waals surface area contributed by atoms with Gasteiger partial charge in [-0.3, -0.25) is 0 Å². The summed E-state index contributed by atoms with van der Waals surface area (Å²) in [5.74, 6) is 0.285. The molecule has 0 atom stereocenters. The molecule has 5 heteroatoms. The highest BCUT2D eigenvalue weighted by molar-refractivity contribution is 5.85. The van der Waals surface area contributed by atoms with Gasteiger partial charge in [0.1, 0.15) is 6.61 Å². The van der Waals surface area contributed by atoms with E-state index in [9.17, 15) is 4.79 Å². The molecule has 1 aromatic rings. The fraction of sp³-hybridized carbons (Fsp3) is 0.438. The Morgan fingerprint density at radius 1 is 1.29 bits per heavy atom. The Bertz CT molecular complexity index is 481. The van der Waals surface area contributed by atoms with E-state index < -0.39 is 5.97 Å². The molecule has 0 spiro atoms. The predicted molar refractivity (Wildman–Crippen MR) is 82.9 cm³/mol. The maximum Gasteiger partial charge on any atom is 0.328 e. The lowest BCUT2D eigenvalue weighted by molar-refractivity contribution is -0.131. The van der Waals surface area contributed by atoms with Gasteiger partial charge in [-0.05, 0) is 36.9 Å². The highest BCUT2D eigenvalue weighted by Crippen LogP contribution is 2.28. The molecule has 0 fully saturated rings. The van der Waals surface area contributed by atoms with E-state index in [-0.39, 0.29) is 0 Å². The van der Waals surface area contributed by atoms with Gasteiger partial charge in [0.15, 0.2) is 11.5 Å². The maximum absolute atomic E-state index is 10.5. The van der Waals surface area contributed by atoms with E-state index >= 15 is 0 Å². The fourth-order valence-corrected chi connectivity index (χ4v) is 1.90. The van der Waals surface area contributed by atoms with E-state index in [4.69, 9.17) is 14.6 Å². The van der Waals surface area contributed by atoms with Gasteiger partial charge in [-0.15, -0.1) is 0 Å². The smallest absolute Gasteiger partial charge is 0.328 e. The fourth-order valence-electron chi connectivity index (χ4n) is 1.90. The van der Waals surface area contributed by atoms with Crippen LogP contribution in [0, 0.1) is 0 Å². The van der Waals surface area contributed by atoms with Crippen LogP contribution in [-0.4, -0.2) is 49.3 Å². The van der Waals surface area contributed by atoms with E-state index in [1.807, 2.05) is 0 Å². The lowest BCUT2D eigenvalue weighted by Crippen LogP contribution is -2.27. The first-order valence-electron chi connectivity index (χ1n) is 7.04. The Morgan fingerprint density at radius 2 is 2.00 bits per heavy atom. The molecule has 0 aliphatic heterocycles. The van der Waals surface area contributed by atoms with Gasteiger partial charge in [0.2, 0.25) is 0 Å². The van der Waals surface area contributed by atoms with Crippen molar-refractivity contribution in [3.63, 3.8) is 0 Å². The number of likely N-dealkylation sites (N-methyl/N-ethyl adjacent to an activating group) is 1. The minimum absolute atomic E-state index is 0.586. The first-order valence-corrected chi connectivity index (χ1v) is 7.04. The van der Waals surface area contributed by atoms with Crippen molar-refractivity contribution < 1.29 is 19.4 Å². The topological polar surface area (TPSA) is 59.0 Å². The first kappa shape index (κ1) is 17.0. The number of ether oxygens (including phenoxy) is 2. The predicted octanol–water partition coefficient (Wildman–Crippen LogP) is 2.51. The summed E-state index contributed by atoms with van der Waals surface area (Å²) in [6.45, 7) is 7.67. The molecule has 0 radical (unpaired) electrons. The van der Waals surface area contributed by atoms with Crippen molar-refractivity contribution in [3.05, 3.63) is 29.8 Å². The average molecular weight is 293 g/mol. The minimum atomic E-state index is -0.978. The third kappa shape index (κ3) is 5.87. The second kappa shape index (κ2) is 9.02. The molecule has 5 nitrogen and oxygen atoms in total. The number of hydrogen-bond acceptors (Lipinski definition) is 4. The van der Waals surface area contributed by atoms with Crippen LogP contribution in [0.2, 0.25) is 0 Å². The second-order valence-corrected chi connectivity index (χ2v) is 4.46. The molecule has 0 aromatic heterocycles. The quantitative estimate of drug-likeness (QED) is 0.709. The number of nitrogens with zero attached hydrogens (tertiary/aromatic N) is 1. The Morgan fingerprint density at radius 3 is 2.57 bits per heavy atom. The summed E-state index contributed by atoms with van der Waals surface area (Å²) >= 11 is 0. The molecule has 0 heterocycles. The highest BCUT2D eigenvalue weighted by atomic mass is 16.5. The van der Waals surface area contributed by atoms with Crippen LogP contribution in [0.4, 0.5) is 0 Å². The van der Waals surface area contributed by atoms with Gasteiger partial charge in [0.05, 0.1) is 7.11 Å². The second-order valence-electron chi connectivity index (χ2n) is 4.46. The number of benzene rings is 1. The van der Waals surface area contributed by atoms with Gasteiger partial charge in [-0.2, -0.15) is 0 Å². The summed E-state index contributed by atoms with van der Waals surface area (Å²) in [5.41, 5.74) is 0.755. The van der Waals surface area contributed by atoms with Crippen molar-refractivity contribution in [2.24, 2.45) is 0 Å². The van der Waals surface area contributed by atoms with Crippen molar-refractivity contribution in [1.29, 1.82) is 0 Å². The van der Waals surface area contributed by atoms with Crippen LogP contribution in [0.15, 0.2) is 24.3 Å². The highest BCUT2D eigenvalue weighted by Gasteiger charge is 2.06. The molecule has 0 aliphatic carbocycles. The standard InChI is InChI=1S/C16H23NO4/c1-4-17(5-2)10-11-21-14-8-6-13(7-9-16(18)19)12-15(14)20-3/h6-9,12H,4-5,10-11H2,1-3H3,(H,18,19)/b9-7+. The van der Waals surface area contributed by atoms with Crippen molar-refractivity contribution in [2.75, 3.05) is 33.4 Å². The molecule has 0 bridgehead atoms. The summed E-state index contributed by atoms with van der Waals surface area (Å²) < 4.78 is 11.0. The Hall–Kier alpha value is -2.01. The molecule has 1 N–H and O–H groups in total. The van der Waals surface area contributed by atoms with Gasteiger partial charge in [0, 0.05) is 12.6 Å². The third-order valence-electron chi connectivity index (χ3n) is 3.17. The first-order chi connectivity index (χ1) is 10.1. The van der Waals surface area contributed by atoms with E-state index in [1.54, 1.807) is 25.3 Å². The number of aliphatic carboxylic acids is 1. The van der Waals surface area contributed by atoms with Crippen molar-refractivity contribution in [3.8, 4) is 11.5 Å². The molecule has 0 saturated heterocycles. The number of carbonyl (C=O) groups is 1. The van der Waals surface area contributed by atoms with Gasteiger partial charge < -0.3 is 19.5 Å². The number of methoxy groups -OCH3 is 1. The zero-order valence-corrected chi connectivity index (χ0v) is 12.8. The zero-order valence-electron chi connectivity index (χ0n) is 12.8. The molecular weight excluding hydrogens is 270 g/mol. The van der Waals surface area contributed by atoms with Crippen LogP contribution in [0.5, 0.6) is 11.5 Å². The monoisotopic (exact) mass is 293 g/mol. The van der Waals surface area contributed by atoms with Crippen LogP contribution in [-0.2, 0) is 4.79 Å². The van der Waals surface area contributed by atoms with E-state index in [1.165, 1.54) is 6.08 Å². The largest absolute Gasteiger partial charge is 0.493 e. The molecule has 1 rings (SSSR count). The lowest BCUT2D eigenvalue weighted by atomic mass is 10.2. The average Bonchev–Trinajstić information content (AvgIpc) is 2.50. The van der Waals surface area contributed by atoms with Crippen LogP contribution in [0.1, 0.15) is 19.4 Å². The zero-order chi connectivity index (χ0) is 15.7. The van der Waals surface area contributed by atoms with Crippen LogP contribution < -0.4 is 9.47 Å². The number of hydrogen-bond donors (Lipinski definition) is 1. The third-order valence-corrected chi connectivity index (χ3v) is 3.17. The summed E-state index contributed by atoms with van der Waals surface area (Å²) in [6, 6.07) is 5.35. The number of carboxylic acids is 1. The van der Waals surface area contributed by atoms with Gasteiger partial charge >= 0.3 is 5.97 Å². The lowest BCUT2D eigenvalue weighted by Gasteiger charge is -2.18. The molecular formula is C16H23NO4. The summed E-state index contributed by atoms with van der Waals surface area (Å²) in [6.07, 6.45) is 2.61. The van der Waals surface area contributed by atoms with Crippen LogP contribution in [0.25, 0.3) is 6.08 Å². The van der Waals surface area contributed by atoms with Crippen LogP contribution in [0.3, 0.4) is 0 Å². The number of carboxylic acid groups (broad SMARTS) is 1. The summed E-state index contributed by atoms with van der Waals surface area (Å²) in [4.78, 5) is 12.8. The van der Waals surface area contributed by atoms with Crippen molar-refractivity contribution >= 4 is 12.0 Å². The van der Waals surface area contributed by atoms with Crippen LogP contribution >= 0.6 is 0 Å². The van der Waals surface area contributed by atoms with Gasteiger partial charge in [0.25, 0.3) is 0 Å². The normalized spacial score (nSPS) is 11.0. The number of rotatable bonds is 9. The Balaban J connectivity index is 2.68. The minimum Gasteiger partial charge on any atom is -0.493 e. The van der Waals surface area contributed by atoms with Crippen molar-refractivity contribution in [1.82, 2.24) is 4.90 Å². The van der Waals surface area contributed by atoms with Gasteiger partial charge in [-0.1, -0.05) is 19.9 Å². The molecule has 0 aliphatic rings.